The first kappa shape index (κ1) is 17.4. The number of hydrogen-bond acceptors (Lipinski definition) is 6. The van der Waals surface area contributed by atoms with Crippen LogP contribution in [0.2, 0.25) is 0 Å². The number of aryl methyl sites for hydroxylation is 2. The van der Waals surface area contributed by atoms with Crippen LogP contribution in [0.1, 0.15) is 21.5 Å². The highest BCUT2D eigenvalue weighted by Gasteiger charge is 2.13. The molecule has 1 aromatic heterocycles. The highest BCUT2D eigenvalue weighted by molar-refractivity contribution is 7.90. The predicted octanol–water partition coefficient (Wildman–Crippen LogP) is 3.07. The van der Waals surface area contributed by atoms with E-state index in [9.17, 15) is 13.2 Å². The minimum absolute atomic E-state index is 0.103. The summed E-state index contributed by atoms with van der Waals surface area (Å²) in [5, 5.41) is 0.566. The largest absolute Gasteiger partial charge is 0.273 e. The van der Waals surface area contributed by atoms with E-state index in [1.165, 1.54) is 29.5 Å². The predicted molar refractivity (Wildman–Crippen MR) is 99.7 cm³/mol. The third-order valence-corrected chi connectivity index (χ3v) is 5.94. The van der Waals surface area contributed by atoms with Crippen molar-refractivity contribution in [2.24, 2.45) is 0 Å². The molecule has 0 radical (unpaired) electrons. The summed E-state index contributed by atoms with van der Waals surface area (Å²) < 4.78 is 24.2. The number of carbonyl (C=O) groups excluding carboxylic acids is 1. The first-order chi connectivity index (χ1) is 11.8. The first-order valence-corrected chi connectivity index (χ1v) is 10.2. The van der Waals surface area contributed by atoms with Crippen LogP contribution >= 0.6 is 11.3 Å². The Balaban J connectivity index is 1.78. The van der Waals surface area contributed by atoms with Gasteiger partial charge in [0.05, 0.1) is 15.1 Å². The van der Waals surface area contributed by atoms with Gasteiger partial charge in [-0.15, -0.1) is 0 Å². The second-order valence-electron chi connectivity index (χ2n) is 5.75. The second kappa shape index (κ2) is 6.45. The lowest BCUT2D eigenvalue weighted by Crippen LogP contribution is -2.29. The summed E-state index contributed by atoms with van der Waals surface area (Å²) in [5.41, 5.74) is 8.77. The number of benzene rings is 2. The SMILES string of the molecule is Cc1ccc2sc(NNC(=O)c3cccc(S(C)(=O)=O)c3)nc2c1C. The number of amides is 1. The lowest BCUT2D eigenvalue weighted by molar-refractivity contribution is 0.0962. The number of hydrogen-bond donors (Lipinski definition) is 2. The van der Waals surface area contributed by atoms with Gasteiger partial charge in [-0.3, -0.25) is 15.6 Å². The van der Waals surface area contributed by atoms with Gasteiger partial charge in [-0.1, -0.05) is 23.5 Å². The van der Waals surface area contributed by atoms with E-state index in [2.05, 4.69) is 15.8 Å². The van der Waals surface area contributed by atoms with Crippen LogP contribution in [0.15, 0.2) is 41.3 Å². The van der Waals surface area contributed by atoms with Crippen LogP contribution in [0.5, 0.6) is 0 Å². The van der Waals surface area contributed by atoms with Gasteiger partial charge in [-0.2, -0.15) is 0 Å². The number of nitrogens with one attached hydrogen (secondary N) is 2. The Hall–Kier alpha value is -2.45. The lowest BCUT2D eigenvalue weighted by Gasteiger charge is -2.06. The summed E-state index contributed by atoms with van der Waals surface area (Å²) in [6.45, 7) is 4.04. The molecule has 0 aliphatic carbocycles. The van der Waals surface area contributed by atoms with Crippen LogP contribution in [0.25, 0.3) is 10.2 Å². The Morgan fingerprint density at radius 3 is 2.64 bits per heavy atom. The van der Waals surface area contributed by atoms with Gasteiger partial charge in [0.2, 0.25) is 5.13 Å². The van der Waals surface area contributed by atoms with Gasteiger partial charge in [-0.05, 0) is 49.2 Å². The van der Waals surface area contributed by atoms with Crippen LogP contribution in [0.4, 0.5) is 5.13 Å². The number of carbonyl (C=O) groups is 1. The van der Waals surface area contributed by atoms with Gasteiger partial charge in [-0.25, -0.2) is 13.4 Å². The zero-order chi connectivity index (χ0) is 18.2. The van der Waals surface area contributed by atoms with Crippen LogP contribution < -0.4 is 10.9 Å². The summed E-state index contributed by atoms with van der Waals surface area (Å²) in [5.74, 6) is -0.433. The molecule has 0 unspecified atom stereocenters. The number of aromatic nitrogens is 1. The maximum atomic E-state index is 12.2. The van der Waals surface area contributed by atoms with E-state index in [-0.39, 0.29) is 10.5 Å². The Kier molecular flexibility index (Phi) is 4.49. The number of nitrogens with zero attached hydrogens (tertiary/aromatic N) is 1. The third kappa shape index (κ3) is 3.64. The number of rotatable bonds is 4. The Morgan fingerprint density at radius 2 is 1.92 bits per heavy atom. The quantitative estimate of drug-likeness (QED) is 0.684. The van der Waals surface area contributed by atoms with Gasteiger partial charge in [0.15, 0.2) is 9.84 Å². The summed E-state index contributed by atoms with van der Waals surface area (Å²) in [4.78, 5) is 16.8. The van der Waals surface area contributed by atoms with Gasteiger partial charge in [0.25, 0.3) is 5.91 Å². The van der Waals surface area contributed by atoms with E-state index < -0.39 is 15.7 Å². The normalized spacial score (nSPS) is 11.5. The number of thiazole rings is 1. The van der Waals surface area contributed by atoms with Crippen molar-refractivity contribution in [3.63, 3.8) is 0 Å². The second-order valence-corrected chi connectivity index (χ2v) is 8.80. The van der Waals surface area contributed by atoms with E-state index in [1.54, 1.807) is 6.07 Å². The maximum absolute atomic E-state index is 12.2. The molecule has 0 bridgehead atoms. The molecular formula is C17H17N3O3S2. The molecule has 0 saturated carbocycles. The molecule has 2 aromatic carbocycles. The minimum Gasteiger partial charge on any atom is -0.273 e. The van der Waals surface area contributed by atoms with E-state index in [0.29, 0.717) is 5.13 Å². The standard InChI is InChI=1S/C17H17N3O3S2/c1-10-7-8-14-15(11(10)2)18-17(24-14)20-19-16(21)12-5-4-6-13(9-12)25(3,22)23/h4-9H,1-3H3,(H,18,20)(H,19,21). The fourth-order valence-electron chi connectivity index (χ4n) is 2.33. The van der Waals surface area contributed by atoms with E-state index in [1.807, 2.05) is 26.0 Å². The summed E-state index contributed by atoms with van der Waals surface area (Å²) in [6.07, 6.45) is 1.10. The summed E-state index contributed by atoms with van der Waals surface area (Å²) in [7, 11) is -3.36. The smallest absolute Gasteiger partial charge is 0.269 e. The molecule has 0 saturated heterocycles. The molecule has 1 heterocycles. The monoisotopic (exact) mass is 375 g/mol. The average molecular weight is 375 g/mol. The highest BCUT2D eigenvalue weighted by Crippen LogP contribution is 2.29. The molecule has 0 atom stereocenters. The van der Waals surface area contributed by atoms with Crippen molar-refractivity contribution in [2.45, 2.75) is 18.7 Å². The Morgan fingerprint density at radius 1 is 1.16 bits per heavy atom. The maximum Gasteiger partial charge on any atom is 0.269 e. The van der Waals surface area contributed by atoms with Gasteiger partial charge < -0.3 is 0 Å². The third-order valence-electron chi connectivity index (χ3n) is 3.89. The zero-order valence-electron chi connectivity index (χ0n) is 14.0. The number of fused-ring (bicyclic) bond motifs is 1. The topological polar surface area (TPSA) is 88.2 Å². The summed E-state index contributed by atoms with van der Waals surface area (Å²) in [6, 6.07) is 9.93. The molecule has 8 heteroatoms. The zero-order valence-corrected chi connectivity index (χ0v) is 15.6. The van der Waals surface area contributed by atoms with Crippen molar-refractivity contribution >= 4 is 42.4 Å². The lowest BCUT2D eigenvalue weighted by atomic mass is 10.1. The molecular weight excluding hydrogens is 358 g/mol. The van der Waals surface area contributed by atoms with Crippen LogP contribution in [0, 0.1) is 13.8 Å². The number of hydrazine groups is 1. The first-order valence-electron chi connectivity index (χ1n) is 7.49. The molecule has 25 heavy (non-hydrogen) atoms. The molecule has 1 amide bonds. The number of anilines is 1. The fourth-order valence-corrected chi connectivity index (χ4v) is 3.88. The van der Waals surface area contributed by atoms with Crippen molar-refractivity contribution < 1.29 is 13.2 Å². The molecule has 0 aliphatic heterocycles. The van der Waals surface area contributed by atoms with Gasteiger partial charge >= 0.3 is 0 Å². The molecule has 6 nitrogen and oxygen atoms in total. The van der Waals surface area contributed by atoms with Crippen molar-refractivity contribution in [3.8, 4) is 0 Å². The van der Waals surface area contributed by atoms with Crippen molar-refractivity contribution in [3.05, 3.63) is 53.1 Å². The minimum atomic E-state index is -3.36. The molecule has 130 valence electrons. The van der Waals surface area contributed by atoms with E-state index >= 15 is 0 Å². The Labute approximate surface area is 149 Å². The Bertz CT molecular complexity index is 1070. The molecule has 2 N–H and O–H groups in total. The van der Waals surface area contributed by atoms with Crippen LogP contribution in [-0.4, -0.2) is 25.6 Å². The van der Waals surface area contributed by atoms with E-state index in [4.69, 9.17) is 0 Å². The molecule has 3 aromatic rings. The molecule has 3 rings (SSSR count). The van der Waals surface area contributed by atoms with Crippen molar-refractivity contribution in [2.75, 3.05) is 11.7 Å². The number of sulfone groups is 1. The van der Waals surface area contributed by atoms with Crippen molar-refractivity contribution in [1.82, 2.24) is 10.4 Å². The van der Waals surface area contributed by atoms with Crippen molar-refractivity contribution in [1.29, 1.82) is 0 Å². The molecule has 0 aliphatic rings. The van der Waals surface area contributed by atoms with E-state index in [0.717, 1.165) is 27.6 Å². The van der Waals surface area contributed by atoms with Crippen LogP contribution in [0.3, 0.4) is 0 Å². The molecule has 0 fully saturated rings. The van der Waals surface area contributed by atoms with Gasteiger partial charge in [0, 0.05) is 11.8 Å². The van der Waals surface area contributed by atoms with Crippen LogP contribution in [-0.2, 0) is 9.84 Å². The van der Waals surface area contributed by atoms with Gasteiger partial charge in [0.1, 0.15) is 0 Å². The molecule has 0 spiro atoms. The average Bonchev–Trinajstić information content (AvgIpc) is 2.99. The fraction of sp³-hybridized carbons (Fsp3) is 0.176. The highest BCUT2D eigenvalue weighted by atomic mass is 32.2. The summed E-state index contributed by atoms with van der Waals surface area (Å²) >= 11 is 1.43.